The smallest absolute Gasteiger partial charge is 0.475 e. The van der Waals surface area contributed by atoms with Crippen LogP contribution in [-0.2, 0) is 38.9 Å². The largest absolute Gasteiger partial charge is 0.490 e. The van der Waals surface area contributed by atoms with Gasteiger partial charge in [-0.05, 0) is 49.1 Å². The maximum absolute atomic E-state index is 13.1. The molecule has 0 bridgehead atoms. The maximum atomic E-state index is 13.1. The van der Waals surface area contributed by atoms with Crippen molar-refractivity contribution >= 4 is 33.3 Å². The Bertz CT molecular complexity index is 1620. The number of alkyl halides is 3. The van der Waals surface area contributed by atoms with Crippen molar-refractivity contribution in [1.82, 2.24) is 19.9 Å². The van der Waals surface area contributed by atoms with Crippen LogP contribution < -0.4 is 21.9 Å². The zero-order valence-corrected chi connectivity index (χ0v) is 22.7. The molecule has 4 rings (SSSR count). The number of amides is 1. The van der Waals surface area contributed by atoms with E-state index in [1.165, 1.54) is 10.6 Å². The molecule has 5 N–H and O–H groups in total. The van der Waals surface area contributed by atoms with Crippen LogP contribution in [0.25, 0.3) is 0 Å². The third kappa shape index (κ3) is 8.03. The van der Waals surface area contributed by atoms with Gasteiger partial charge >= 0.3 is 12.1 Å². The summed E-state index contributed by atoms with van der Waals surface area (Å²) in [6, 6.07) is 9.34. The number of aryl methyl sites for hydroxylation is 2. The molecular formula is C25H27F3N6O6S. The normalized spacial score (nSPS) is 14.4. The van der Waals surface area contributed by atoms with Crippen molar-refractivity contribution in [2.45, 2.75) is 50.0 Å². The summed E-state index contributed by atoms with van der Waals surface area (Å²) in [5.74, 6) is -2.49. The van der Waals surface area contributed by atoms with E-state index in [1.807, 2.05) is 13.0 Å². The van der Waals surface area contributed by atoms with Gasteiger partial charge in [-0.2, -0.15) is 13.2 Å². The zero-order valence-electron chi connectivity index (χ0n) is 21.9. The van der Waals surface area contributed by atoms with Crippen LogP contribution in [0.5, 0.6) is 0 Å². The highest BCUT2D eigenvalue weighted by Gasteiger charge is 2.38. The third-order valence-electron chi connectivity index (χ3n) is 6.06. The predicted octanol–water partition coefficient (Wildman–Crippen LogP) is 1.98. The molecule has 1 atom stereocenters. The van der Waals surface area contributed by atoms with Gasteiger partial charge in [0.2, 0.25) is 5.91 Å². The molecule has 16 heteroatoms. The van der Waals surface area contributed by atoms with Gasteiger partial charge in [-0.3, -0.25) is 14.2 Å². The molecule has 1 aliphatic heterocycles. The molecule has 0 saturated heterocycles. The molecule has 3 heterocycles. The summed E-state index contributed by atoms with van der Waals surface area (Å²) in [4.78, 5) is 43.6. The van der Waals surface area contributed by atoms with Crippen molar-refractivity contribution in [1.29, 1.82) is 0 Å². The number of hydrogen-bond acceptors (Lipinski definition) is 9. The van der Waals surface area contributed by atoms with E-state index in [1.54, 1.807) is 30.5 Å². The third-order valence-corrected chi connectivity index (χ3v) is 7.17. The van der Waals surface area contributed by atoms with E-state index in [4.69, 9.17) is 15.6 Å². The molecule has 0 aliphatic carbocycles. The van der Waals surface area contributed by atoms with E-state index < -0.39 is 28.0 Å². The lowest BCUT2D eigenvalue weighted by molar-refractivity contribution is -0.192. The summed E-state index contributed by atoms with van der Waals surface area (Å²) in [7, 11) is -3.34. The average Bonchev–Trinajstić information content (AvgIpc) is 3.32. The van der Waals surface area contributed by atoms with Gasteiger partial charge in [0.1, 0.15) is 11.9 Å². The number of benzene rings is 1. The Hall–Kier alpha value is -4.47. The number of rotatable bonds is 7. The van der Waals surface area contributed by atoms with E-state index in [0.717, 1.165) is 17.5 Å². The SMILES string of the molecule is Cc1nc(N)ccc1CNC(=O)[C@@H]1CCc2cnc(NCc3cccc(S(C)(=O)=O)c3)c(=O)n21.O=C(O)C(F)(F)F. The van der Waals surface area contributed by atoms with E-state index in [2.05, 4.69) is 20.6 Å². The van der Waals surface area contributed by atoms with Crippen LogP contribution in [0.3, 0.4) is 0 Å². The minimum absolute atomic E-state index is 0.104. The van der Waals surface area contributed by atoms with Gasteiger partial charge in [-0.1, -0.05) is 18.2 Å². The van der Waals surface area contributed by atoms with Crippen molar-refractivity contribution in [2.24, 2.45) is 0 Å². The number of fused-ring (bicyclic) bond motifs is 1. The first kappa shape index (κ1) is 31.1. The average molecular weight is 597 g/mol. The summed E-state index contributed by atoms with van der Waals surface area (Å²) < 4.78 is 56.8. The molecule has 1 amide bonds. The Morgan fingerprint density at radius 3 is 2.49 bits per heavy atom. The van der Waals surface area contributed by atoms with E-state index >= 15 is 0 Å². The molecule has 220 valence electrons. The molecule has 0 radical (unpaired) electrons. The van der Waals surface area contributed by atoms with Gasteiger partial charge in [0.25, 0.3) is 5.56 Å². The number of carboxylic acids is 1. The molecule has 1 aromatic carbocycles. The number of anilines is 2. The van der Waals surface area contributed by atoms with Crippen LogP contribution in [-0.4, -0.2) is 52.4 Å². The summed E-state index contributed by atoms with van der Waals surface area (Å²) >= 11 is 0. The van der Waals surface area contributed by atoms with E-state index in [9.17, 15) is 31.2 Å². The van der Waals surface area contributed by atoms with Gasteiger partial charge in [0.15, 0.2) is 15.7 Å². The lowest BCUT2D eigenvalue weighted by atomic mass is 10.1. The summed E-state index contributed by atoms with van der Waals surface area (Å²) in [6.45, 7) is 2.32. The predicted molar refractivity (Wildman–Crippen MR) is 142 cm³/mol. The van der Waals surface area contributed by atoms with Gasteiger partial charge in [0, 0.05) is 36.9 Å². The summed E-state index contributed by atoms with van der Waals surface area (Å²) in [6.07, 6.45) is -1.27. The van der Waals surface area contributed by atoms with Gasteiger partial charge < -0.3 is 21.5 Å². The number of hydrogen-bond donors (Lipinski definition) is 4. The number of halogens is 3. The monoisotopic (exact) mass is 596 g/mol. The number of nitrogens with zero attached hydrogens (tertiary/aromatic N) is 3. The Morgan fingerprint density at radius 1 is 1.20 bits per heavy atom. The topological polar surface area (TPSA) is 186 Å². The second-order valence-electron chi connectivity index (χ2n) is 9.10. The zero-order chi connectivity index (χ0) is 30.5. The van der Waals surface area contributed by atoms with Crippen LogP contribution in [0, 0.1) is 6.92 Å². The van der Waals surface area contributed by atoms with Crippen LogP contribution >= 0.6 is 0 Å². The number of carbonyl (C=O) groups is 2. The molecule has 0 unspecified atom stereocenters. The van der Waals surface area contributed by atoms with E-state index in [-0.39, 0.29) is 35.3 Å². The van der Waals surface area contributed by atoms with Crippen LogP contribution in [0.15, 0.2) is 52.3 Å². The lowest BCUT2D eigenvalue weighted by Gasteiger charge is -2.16. The molecule has 3 aromatic rings. The molecule has 0 fully saturated rings. The fraction of sp³-hybridized carbons (Fsp3) is 0.320. The number of nitrogen functional groups attached to an aromatic ring is 1. The first-order valence-corrected chi connectivity index (χ1v) is 13.9. The first-order chi connectivity index (χ1) is 19.1. The van der Waals surface area contributed by atoms with Crippen LogP contribution in [0.4, 0.5) is 24.8 Å². The van der Waals surface area contributed by atoms with Gasteiger partial charge in [-0.25, -0.2) is 23.2 Å². The minimum Gasteiger partial charge on any atom is -0.475 e. The maximum Gasteiger partial charge on any atom is 0.490 e. The second kappa shape index (κ2) is 12.4. The number of aliphatic carboxylic acids is 1. The molecule has 2 aromatic heterocycles. The van der Waals surface area contributed by atoms with Crippen molar-refractivity contribution in [3.05, 3.63) is 75.5 Å². The fourth-order valence-electron chi connectivity index (χ4n) is 3.98. The highest BCUT2D eigenvalue weighted by molar-refractivity contribution is 7.90. The van der Waals surface area contributed by atoms with Crippen LogP contribution in [0.1, 0.15) is 35.0 Å². The molecule has 41 heavy (non-hydrogen) atoms. The molecule has 0 saturated carbocycles. The number of carbonyl (C=O) groups excluding carboxylic acids is 1. The quantitative estimate of drug-likeness (QED) is 0.314. The molecule has 12 nitrogen and oxygen atoms in total. The number of pyridine rings is 1. The number of sulfone groups is 1. The second-order valence-corrected chi connectivity index (χ2v) is 11.1. The van der Waals surface area contributed by atoms with Gasteiger partial charge in [0.05, 0.1) is 4.90 Å². The summed E-state index contributed by atoms with van der Waals surface area (Å²) in [5.41, 5.74) is 8.26. The Morgan fingerprint density at radius 2 is 1.88 bits per heavy atom. The minimum atomic E-state index is -5.08. The number of aromatic nitrogens is 3. The standard InChI is InChI=1S/C23H26N6O4S.C2HF3O2/c1-14-16(6-9-20(24)28-14)12-27-22(30)19-8-7-17-13-26-21(23(31)29(17)19)25-11-15-4-3-5-18(10-15)34(2,32)33;3-2(4,5)1(6)7/h3-6,9-10,13,19H,7-8,11-12H2,1-2H3,(H2,24,28)(H,25,26)(H,27,30);(H,6,7)/t19-;/m0./s1. The Labute approximate surface area is 232 Å². The number of nitrogens with one attached hydrogen (secondary N) is 2. The molecule has 1 aliphatic rings. The van der Waals surface area contributed by atoms with Gasteiger partial charge in [-0.15, -0.1) is 0 Å². The van der Waals surface area contributed by atoms with Crippen LogP contribution in [0.2, 0.25) is 0 Å². The number of carboxylic acid groups (broad SMARTS) is 1. The fourth-order valence-corrected chi connectivity index (χ4v) is 4.67. The highest BCUT2D eigenvalue weighted by atomic mass is 32.2. The first-order valence-electron chi connectivity index (χ1n) is 12.0. The lowest BCUT2D eigenvalue weighted by Crippen LogP contribution is -2.36. The van der Waals surface area contributed by atoms with Crippen molar-refractivity contribution in [3.8, 4) is 0 Å². The Kier molecular flexibility index (Phi) is 9.37. The van der Waals surface area contributed by atoms with Crippen molar-refractivity contribution in [3.63, 3.8) is 0 Å². The summed E-state index contributed by atoms with van der Waals surface area (Å²) in [5, 5.41) is 13.0. The molecular weight excluding hydrogens is 569 g/mol. The van der Waals surface area contributed by atoms with Crippen molar-refractivity contribution < 1.29 is 36.3 Å². The Balaban J connectivity index is 0.000000587. The van der Waals surface area contributed by atoms with E-state index in [0.29, 0.717) is 29.9 Å². The highest BCUT2D eigenvalue weighted by Crippen LogP contribution is 2.24. The van der Waals surface area contributed by atoms with Crippen molar-refractivity contribution in [2.75, 3.05) is 17.3 Å². The number of nitrogens with two attached hydrogens (primary N) is 1. The molecule has 0 spiro atoms.